The summed E-state index contributed by atoms with van der Waals surface area (Å²) < 4.78 is 16.9. The van der Waals surface area contributed by atoms with Crippen molar-refractivity contribution >= 4 is 29.4 Å². The average molecular weight is 700 g/mol. The number of nitrogens with zero attached hydrogens (tertiary/aromatic N) is 2. The van der Waals surface area contributed by atoms with E-state index in [0.29, 0.717) is 19.4 Å². The summed E-state index contributed by atoms with van der Waals surface area (Å²) >= 11 is 0. The van der Waals surface area contributed by atoms with Gasteiger partial charge in [-0.3, -0.25) is 24.0 Å². The number of likely N-dealkylation sites (tertiary alicyclic amines) is 1. The summed E-state index contributed by atoms with van der Waals surface area (Å²) in [6.07, 6.45) is 2.66. The number of likely N-dealkylation sites (N-methyl/N-ethyl adjacent to an activating group) is 1. The molecule has 1 saturated heterocycles. The number of carbonyl (C=O) groups excluding carboxylic acids is 5. The highest BCUT2D eigenvalue weighted by molar-refractivity contribution is 5.92. The van der Waals surface area contributed by atoms with Gasteiger partial charge >= 0.3 is 5.97 Å². The van der Waals surface area contributed by atoms with E-state index in [0.717, 1.165) is 24.8 Å². The zero-order valence-corrected chi connectivity index (χ0v) is 31.7. The predicted octanol–water partition coefficient (Wildman–Crippen LogP) is 4.23. The van der Waals surface area contributed by atoms with Crippen LogP contribution in [0.2, 0.25) is 0 Å². The van der Waals surface area contributed by atoms with Crippen LogP contribution in [-0.2, 0) is 44.6 Å². The standard InChI is InChI=1S/C39H61N3O8/c1-24(2)29(22-33(44)39(4,5)40)37(46)41(6)35(27-17-18-27)32(48-7)23-34(45)42-19-13-16-30(42)36(49-8)25(3)31(43)21-28(38(47)50-9)20-26-14-11-10-12-15-26/h10-12,14-15,24-25,27-30,32,35-36H,13,16-23,40H2,1-9H3/t25-,28+,29-,30-,32+,35-,36+/m0/s1. The number of rotatable bonds is 20. The Morgan fingerprint density at radius 3 is 2.10 bits per heavy atom. The van der Waals surface area contributed by atoms with Gasteiger partial charge in [-0.05, 0) is 63.4 Å². The molecule has 0 aromatic heterocycles. The van der Waals surface area contributed by atoms with Crippen molar-refractivity contribution in [3.63, 3.8) is 0 Å². The van der Waals surface area contributed by atoms with E-state index in [-0.39, 0.29) is 66.6 Å². The summed E-state index contributed by atoms with van der Waals surface area (Å²) in [7, 11) is 6.20. The van der Waals surface area contributed by atoms with Gasteiger partial charge in [-0.1, -0.05) is 51.1 Å². The first-order chi connectivity index (χ1) is 23.5. The molecule has 1 aliphatic heterocycles. The number of nitrogens with two attached hydrogens (primary N) is 1. The Morgan fingerprint density at radius 1 is 0.940 bits per heavy atom. The van der Waals surface area contributed by atoms with Crippen molar-refractivity contribution in [1.82, 2.24) is 9.80 Å². The molecule has 1 saturated carbocycles. The fourth-order valence-corrected chi connectivity index (χ4v) is 7.47. The van der Waals surface area contributed by atoms with Gasteiger partial charge in [-0.2, -0.15) is 0 Å². The van der Waals surface area contributed by atoms with Crippen LogP contribution in [0.4, 0.5) is 0 Å². The molecule has 50 heavy (non-hydrogen) atoms. The van der Waals surface area contributed by atoms with E-state index < -0.39 is 41.5 Å². The Hall–Kier alpha value is -3.15. The number of carbonyl (C=O) groups is 5. The average Bonchev–Trinajstić information content (AvgIpc) is 3.80. The molecule has 1 aromatic carbocycles. The van der Waals surface area contributed by atoms with E-state index in [1.54, 1.807) is 51.8 Å². The first kappa shape index (κ1) is 41.3. The third-order valence-corrected chi connectivity index (χ3v) is 10.8. The maximum atomic E-state index is 14.1. The van der Waals surface area contributed by atoms with E-state index in [2.05, 4.69) is 0 Å². The lowest BCUT2D eigenvalue weighted by Gasteiger charge is -2.38. The Labute approximate surface area is 298 Å². The molecular weight excluding hydrogens is 638 g/mol. The number of ketones is 2. The van der Waals surface area contributed by atoms with Gasteiger partial charge in [-0.15, -0.1) is 0 Å². The van der Waals surface area contributed by atoms with Gasteiger partial charge in [-0.25, -0.2) is 0 Å². The van der Waals surface area contributed by atoms with Gasteiger partial charge in [0.15, 0.2) is 5.78 Å². The number of benzene rings is 1. The Bertz CT molecular complexity index is 1310. The summed E-state index contributed by atoms with van der Waals surface area (Å²) in [5.41, 5.74) is 5.97. The van der Waals surface area contributed by atoms with Gasteiger partial charge in [0.1, 0.15) is 5.78 Å². The van der Waals surface area contributed by atoms with Crippen molar-refractivity contribution in [2.75, 3.05) is 34.9 Å². The van der Waals surface area contributed by atoms with Crippen molar-refractivity contribution in [2.45, 2.75) is 116 Å². The highest BCUT2D eigenvalue weighted by Gasteiger charge is 2.46. The minimum absolute atomic E-state index is 0.00415. The van der Waals surface area contributed by atoms with Crippen LogP contribution in [0.1, 0.15) is 85.1 Å². The quantitative estimate of drug-likeness (QED) is 0.198. The van der Waals surface area contributed by atoms with Crippen molar-refractivity contribution in [2.24, 2.45) is 35.3 Å². The van der Waals surface area contributed by atoms with Gasteiger partial charge < -0.3 is 29.7 Å². The number of Topliss-reactive ketones (excluding diaryl/α,β-unsaturated/α-hetero) is 2. The molecule has 0 unspecified atom stereocenters. The Balaban J connectivity index is 1.74. The van der Waals surface area contributed by atoms with Crippen LogP contribution in [0, 0.1) is 29.6 Å². The second-order valence-corrected chi connectivity index (χ2v) is 15.3. The van der Waals surface area contributed by atoms with Crippen LogP contribution in [0.25, 0.3) is 0 Å². The molecule has 280 valence electrons. The number of hydrogen-bond acceptors (Lipinski definition) is 9. The smallest absolute Gasteiger partial charge is 0.309 e. The first-order valence-corrected chi connectivity index (χ1v) is 18.1. The molecule has 1 heterocycles. The molecule has 0 bridgehead atoms. The minimum atomic E-state index is -1.04. The normalized spacial score (nSPS) is 20.1. The summed E-state index contributed by atoms with van der Waals surface area (Å²) in [6, 6.07) is 8.87. The fraction of sp³-hybridized carbons (Fsp3) is 0.718. The largest absolute Gasteiger partial charge is 0.469 e. The Morgan fingerprint density at radius 2 is 1.58 bits per heavy atom. The molecule has 7 atom stereocenters. The van der Waals surface area contributed by atoms with Gasteiger partial charge in [0.25, 0.3) is 0 Å². The first-order valence-electron chi connectivity index (χ1n) is 18.1. The molecule has 11 nitrogen and oxygen atoms in total. The van der Waals surface area contributed by atoms with Gasteiger partial charge in [0, 0.05) is 52.5 Å². The Kier molecular flexibility index (Phi) is 15.2. The number of ether oxygens (including phenoxy) is 3. The lowest BCUT2D eigenvalue weighted by molar-refractivity contribution is -0.149. The summed E-state index contributed by atoms with van der Waals surface area (Å²) in [6.45, 7) is 9.50. The second kappa shape index (κ2) is 18.4. The van der Waals surface area contributed by atoms with Crippen molar-refractivity contribution in [3.05, 3.63) is 35.9 Å². The maximum absolute atomic E-state index is 14.1. The van der Waals surface area contributed by atoms with Crippen LogP contribution < -0.4 is 5.73 Å². The van der Waals surface area contributed by atoms with Gasteiger partial charge in [0.05, 0.1) is 49.3 Å². The predicted molar refractivity (Wildman–Crippen MR) is 191 cm³/mol. The zero-order valence-electron chi connectivity index (χ0n) is 31.7. The summed E-state index contributed by atoms with van der Waals surface area (Å²) in [4.78, 5) is 70.7. The third-order valence-electron chi connectivity index (χ3n) is 10.8. The fourth-order valence-electron chi connectivity index (χ4n) is 7.47. The maximum Gasteiger partial charge on any atom is 0.309 e. The molecule has 1 aromatic rings. The van der Waals surface area contributed by atoms with Crippen molar-refractivity contribution in [3.8, 4) is 0 Å². The molecule has 0 radical (unpaired) electrons. The molecule has 2 aliphatic rings. The molecular formula is C39H61N3O8. The van der Waals surface area contributed by atoms with E-state index in [9.17, 15) is 24.0 Å². The minimum Gasteiger partial charge on any atom is -0.469 e. The van der Waals surface area contributed by atoms with Crippen LogP contribution >= 0.6 is 0 Å². The third kappa shape index (κ3) is 10.7. The second-order valence-electron chi connectivity index (χ2n) is 15.3. The van der Waals surface area contributed by atoms with Crippen LogP contribution in [0.15, 0.2) is 30.3 Å². The van der Waals surface area contributed by atoms with Crippen molar-refractivity contribution < 1.29 is 38.2 Å². The molecule has 1 aliphatic carbocycles. The van der Waals surface area contributed by atoms with Crippen LogP contribution in [0.5, 0.6) is 0 Å². The monoisotopic (exact) mass is 699 g/mol. The van der Waals surface area contributed by atoms with Crippen LogP contribution in [-0.4, -0.2) is 104 Å². The van der Waals surface area contributed by atoms with E-state index >= 15 is 0 Å². The van der Waals surface area contributed by atoms with E-state index in [1.165, 1.54) is 7.11 Å². The summed E-state index contributed by atoms with van der Waals surface area (Å²) in [5.74, 6) is -2.63. The molecule has 2 amide bonds. The number of esters is 1. The van der Waals surface area contributed by atoms with Gasteiger partial charge in [0.2, 0.25) is 11.8 Å². The molecule has 11 heteroatoms. The topological polar surface area (TPSA) is 146 Å². The molecule has 2 N–H and O–H groups in total. The highest BCUT2D eigenvalue weighted by Crippen LogP contribution is 2.40. The van der Waals surface area contributed by atoms with Crippen molar-refractivity contribution in [1.29, 1.82) is 0 Å². The molecule has 0 spiro atoms. The lowest BCUT2D eigenvalue weighted by Crippen LogP contribution is -2.53. The number of methoxy groups -OCH3 is 3. The summed E-state index contributed by atoms with van der Waals surface area (Å²) in [5, 5.41) is 0. The lowest BCUT2D eigenvalue weighted by atomic mass is 9.84. The SMILES string of the molecule is COC(=O)[C@@H](CC(=O)[C@H](C)[C@@H](OC)[C@@H]1CCCN1C(=O)C[C@@H](OC)[C@H](C1CC1)N(C)C(=O)[C@@H](CC(=O)C(C)(C)N)C(C)C)Cc1ccccc1. The molecule has 2 fully saturated rings. The van der Waals surface area contributed by atoms with E-state index in [1.807, 2.05) is 44.2 Å². The van der Waals surface area contributed by atoms with E-state index in [4.69, 9.17) is 19.9 Å². The zero-order chi connectivity index (χ0) is 37.3. The molecule has 3 rings (SSSR count). The highest BCUT2D eigenvalue weighted by atomic mass is 16.5. The number of amides is 2. The number of hydrogen-bond donors (Lipinski definition) is 1. The van der Waals surface area contributed by atoms with Crippen LogP contribution in [0.3, 0.4) is 0 Å².